The second-order valence-electron chi connectivity index (χ2n) is 5.30. The normalized spacial score (nSPS) is 16.3. The van der Waals surface area contributed by atoms with Crippen LogP contribution in [0.2, 0.25) is 0 Å². The molecule has 7 nitrogen and oxygen atoms in total. The van der Waals surface area contributed by atoms with Crippen LogP contribution in [-0.2, 0) is 16.6 Å². The minimum atomic E-state index is -0.210. The maximum Gasteiger partial charge on any atom is 0.236 e. The van der Waals surface area contributed by atoms with E-state index >= 15 is 0 Å². The summed E-state index contributed by atoms with van der Waals surface area (Å²) in [5.41, 5.74) is 0.904. The average molecular weight is 333 g/mol. The first-order chi connectivity index (χ1) is 11.2. The molecule has 23 heavy (non-hydrogen) atoms. The van der Waals surface area contributed by atoms with Crippen LogP contribution < -0.4 is 0 Å². The van der Waals surface area contributed by atoms with E-state index in [0.717, 1.165) is 16.5 Å². The Morgan fingerprint density at radius 3 is 2.83 bits per heavy atom. The fourth-order valence-electron chi connectivity index (χ4n) is 2.41. The summed E-state index contributed by atoms with van der Waals surface area (Å²) >= 11 is 1.42. The number of thioether (sulfide) groups is 1. The van der Waals surface area contributed by atoms with Crippen LogP contribution in [-0.4, -0.2) is 62.1 Å². The fourth-order valence-corrected chi connectivity index (χ4v) is 3.31. The Labute approximate surface area is 139 Å². The number of hydrogen-bond acceptors (Lipinski definition) is 6. The van der Waals surface area contributed by atoms with Gasteiger partial charge < -0.3 is 14.2 Å². The molecule has 122 valence electrons. The molecule has 1 amide bonds. The Morgan fingerprint density at radius 1 is 1.35 bits per heavy atom. The molecule has 0 spiro atoms. The second kappa shape index (κ2) is 7.10. The molecule has 1 atom stereocenters. The number of morpholine rings is 1. The number of carbonyl (C=O) groups is 1. The molecule has 3 heterocycles. The summed E-state index contributed by atoms with van der Waals surface area (Å²) < 4.78 is 7.18. The molecule has 0 unspecified atom stereocenters. The topological polar surface area (TPSA) is 73.1 Å². The van der Waals surface area contributed by atoms with Crippen molar-refractivity contribution in [3.8, 4) is 11.4 Å². The van der Waals surface area contributed by atoms with Crippen molar-refractivity contribution in [1.82, 2.24) is 24.6 Å². The van der Waals surface area contributed by atoms with E-state index in [2.05, 4.69) is 15.2 Å². The molecule has 0 saturated carbocycles. The van der Waals surface area contributed by atoms with Gasteiger partial charge in [0.25, 0.3) is 0 Å². The predicted octanol–water partition coefficient (Wildman–Crippen LogP) is 1.22. The summed E-state index contributed by atoms with van der Waals surface area (Å²) in [5.74, 6) is 0.857. The number of amides is 1. The number of carbonyl (C=O) groups excluding carboxylic acids is 1. The highest BCUT2D eigenvalue weighted by molar-refractivity contribution is 8.00. The van der Waals surface area contributed by atoms with E-state index < -0.39 is 0 Å². The van der Waals surface area contributed by atoms with Crippen molar-refractivity contribution in [2.24, 2.45) is 7.05 Å². The van der Waals surface area contributed by atoms with Crippen LogP contribution in [0.5, 0.6) is 0 Å². The SMILES string of the molecule is C[C@H](Sc1nnc(-c2cccnc2)n1C)C(=O)N1CCOCC1. The quantitative estimate of drug-likeness (QED) is 0.783. The third-order valence-electron chi connectivity index (χ3n) is 3.71. The highest BCUT2D eigenvalue weighted by Crippen LogP contribution is 2.26. The van der Waals surface area contributed by atoms with E-state index in [1.165, 1.54) is 11.8 Å². The van der Waals surface area contributed by atoms with Gasteiger partial charge in [-0.2, -0.15) is 0 Å². The zero-order valence-corrected chi connectivity index (χ0v) is 14.0. The number of rotatable bonds is 4. The fraction of sp³-hybridized carbons (Fsp3) is 0.467. The maximum atomic E-state index is 12.5. The van der Waals surface area contributed by atoms with Gasteiger partial charge in [0.15, 0.2) is 11.0 Å². The van der Waals surface area contributed by atoms with Gasteiger partial charge in [-0.1, -0.05) is 11.8 Å². The molecule has 2 aromatic heterocycles. The van der Waals surface area contributed by atoms with Gasteiger partial charge in [-0.15, -0.1) is 10.2 Å². The third-order valence-corrected chi connectivity index (χ3v) is 4.83. The number of nitrogens with zero attached hydrogens (tertiary/aromatic N) is 5. The largest absolute Gasteiger partial charge is 0.378 e. The minimum absolute atomic E-state index is 0.115. The molecule has 1 aliphatic rings. The summed E-state index contributed by atoms with van der Waals surface area (Å²) in [6.07, 6.45) is 3.47. The Hall–Kier alpha value is -1.93. The first kappa shape index (κ1) is 15.9. The maximum absolute atomic E-state index is 12.5. The predicted molar refractivity (Wildman–Crippen MR) is 87.0 cm³/mol. The van der Waals surface area contributed by atoms with Crippen molar-refractivity contribution in [1.29, 1.82) is 0 Å². The van der Waals surface area contributed by atoms with E-state index in [-0.39, 0.29) is 11.2 Å². The zero-order chi connectivity index (χ0) is 16.2. The van der Waals surface area contributed by atoms with Crippen molar-refractivity contribution in [2.45, 2.75) is 17.3 Å². The molecule has 0 aromatic carbocycles. The monoisotopic (exact) mass is 333 g/mol. The molecule has 0 bridgehead atoms. The average Bonchev–Trinajstić information content (AvgIpc) is 2.96. The van der Waals surface area contributed by atoms with Crippen LogP contribution in [0.15, 0.2) is 29.7 Å². The highest BCUT2D eigenvalue weighted by Gasteiger charge is 2.25. The lowest BCUT2D eigenvalue weighted by molar-refractivity contribution is -0.134. The zero-order valence-electron chi connectivity index (χ0n) is 13.2. The van der Waals surface area contributed by atoms with Crippen LogP contribution in [0.4, 0.5) is 0 Å². The molecule has 2 aromatic rings. The van der Waals surface area contributed by atoms with E-state index in [9.17, 15) is 4.79 Å². The van der Waals surface area contributed by atoms with E-state index in [1.54, 1.807) is 12.4 Å². The lowest BCUT2D eigenvalue weighted by Crippen LogP contribution is -2.44. The Balaban J connectivity index is 1.70. The molecule has 1 aliphatic heterocycles. The van der Waals surface area contributed by atoms with E-state index in [4.69, 9.17) is 4.74 Å². The second-order valence-corrected chi connectivity index (χ2v) is 6.61. The van der Waals surface area contributed by atoms with Gasteiger partial charge in [0, 0.05) is 38.1 Å². The van der Waals surface area contributed by atoms with Gasteiger partial charge in [0.1, 0.15) is 0 Å². The number of aromatic nitrogens is 4. The summed E-state index contributed by atoms with van der Waals surface area (Å²) in [4.78, 5) is 18.4. The number of pyridine rings is 1. The van der Waals surface area contributed by atoms with Crippen LogP contribution in [0.3, 0.4) is 0 Å². The van der Waals surface area contributed by atoms with Crippen molar-refractivity contribution in [3.63, 3.8) is 0 Å². The lowest BCUT2D eigenvalue weighted by Gasteiger charge is -2.28. The molecule has 1 fully saturated rings. The van der Waals surface area contributed by atoms with Crippen molar-refractivity contribution >= 4 is 17.7 Å². The van der Waals surface area contributed by atoms with Crippen molar-refractivity contribution in [2.75, 3.05) is 26.3 Å². The first-order valence-corrected chi connectivity index (χ1v) is 8.38. The molecule has 8 heteroatoms. The Bertz CT molecular complexity index is 670. The van der Waals surface area contributed by atoms with E-state index in [1.807, 2.05) is 35.6 Å². The van der Waals surface area contributed by atoms with Crippen LogP contribution in [0, 0.1) is 0 Å². The van der Waals surface area contributed by atoms with Crippen molar-refractivity contribution < 1.29 is 9.53 Å². The first-order valence-electron chi connectivity index (χ1n) is 7.50. The van der Waals surface area contributed by atoms with Gasteiger partial charge in [-0.05, 0) is 19.1 Å². The Morgan fingerprint density at radius 2 is 2.13 bits per heavy atom. The van der Waals surface area contributed by atoms with Gasteiger partial charge in [-0.25, -0.2) is 0 Å². The van der Waals surface area contributed by atoms with Crippen LogP contribution >= 0.6 is 11.8 Å². The summed E-state index contributed by atoms with van der Waals surface area (Å²) in [6, 6.07) is 3.80. The minimum Gasteiger partial charge on any atom is -0.378 e. The van der Waals surface area contributed by atoms with Gasteiger partial charge in [0.2, 0.25) is 5.91 Å². The van der Waals surface area contributed by atoms with Crippen LogP contribution in [0.25, 0.3) is 11.4 Å². The summed E-state index contributed by atoms with van der Waals surface area (Å²) in [6.45, 7) is 4.43. The molecule has 0 aliphatic carbocycles. The third kappa shape index (κ3) is 3.53. The van der Waals surface area contributed by atoms with Crippen molar-refractivity contribution in [3.05, 3.63) is 24.5 Å². The Kier molecular flexibility index (Phi) is 4.92. The summed E-state index contributed by atoms with van der Waals surface area (Å²) in [7, 11) is 1.90. The molecule has 3 rings (SSSR count). The molecular weight excluding hydrogens is 314 g/mol. The molecule has 0 radical (unpaired) electrons. The molecular formula is C15H19N5O2S. The van der Waals surface area contributed by atoms with Gasteiger partial charge >= 0.3 is 0 Å². The number of ether oxygens (including phenoxy) is 1. The van der Waals surface area contributed by atoms with Crippen LogP contribution in [0.1, 0.15) is 6.92 Å². The van der Waals surface area contributed by atoms with E-state index in [0.29, 0.717) is 26.3 Å². The lowest BCUT2D eigenvalue weighted by atomic mass is 10.3. The van der Waals surface area contributed by atoms with Gasteiger partial charge in [-0.3, -0.25) is 9.78 Å². The molecule has 1 saturated heterocycles. The molecule has 0 N–H and O–H groups in total. The van der Waals surface area contributed by atoms with Gasteiger partial charge in [0.05, 0.1) is 18.5 Å². The number of hydrogen-bond donors (Lipinski definition) is 0. The smallest absolute Gasteiger partial charge is 0.236 e. The summed E-state index contributed by atoms with van der Waals surface area (Å²) in [5, 5.41) is 8.94. The standard InChI is InChI=1S/C15H19N5O2S/c1-11(14(21)20-6-8-22-9-7-20)23-15-18-17-13(19(15)2)12-4-3-5-16-10-12/h3-5,10-11H,6-9H2,1-2H3/t11-/m0/s1. The highest BCUT2D eigenvalue weighted by atomic mass is 32.2.